The van der Waals surface area contributed by atoms with Gasteiger partial charge in [0.2, 0.25) is 0 Å². The second-order valence-corrected chi connectivity index (χ2v) is 7.15. The monoisotopic (exact) mass is 321 g/mol. The number of ether oxygens (including phenoxy) is 2. The zero-order valence-electron chi connectivity index (χ0n) is 14.1. The number of aliphatic carboxylic acids is 1. The number of carbonyl (C=O) groups excluding carboxylic acids is 1. The standard InChI is InChI=1S/C17H23NO5/c1-16(2)6-10-7-23-8-11(22-5)12(10)13(16)17(3,4)9-18-14(19)15(20)21/h7-8H,6,9H2,1-5H3,(H,18,19)(H,20,21). The van der Waals surface area contributed by atoms with Crippen LogP contribution in [0.25, 0.3) is 0 Å². The number of hydrogen-bond donors (Lipinski definition) is 2. The molecule has 6 heteroatoms. The lowest BCUT2D eigenvalue weighted by molar-refractivity contribution is -0.150. The molecule has 1 aliphatic heterocycles. The van der Waals surface area contributed by atoms with Gasteiger partial charge in [0, 0.05) is 17.5 Å². The van der Waals surface area contributed by atoms with E-state index in [9.17, 15) is 9.59 Å². The molecule has 0 saturated carbocycles. The molecule has 0 fully saturated rings. The van der Waals surface area contributed by atoms with Crippen molar-refractivity contribution in [2.75, 3.05) is 13.7 Å². The van der Waals surface area contributed by atoms with Crippen LogP contribution in [0.2, 0.25) is 0 Å². The van der Waals surface area contributed by atoms with Crippen LogP contribution in [0.1, 0.15) is 34.1 Å². The number of nitrogens with one attached hydrogen (secondary N) is 1. The first-order valence-corrected chi connectivity index (χ1v) is 7.46. The molecule has 23 heavy (non-hydrogen) atoms. The summed E-state index contributed by atoms with van der Waals surface area (Å²) in [4.78, 5) is 22.1. The van der Waals surface area contributed by atoms with E-state index in [1.165, 1.54) is 0 Å². The summed E-state index contributed by atoms with van der Waals surface area (Å²) in [5, 5.41) is 11.2. The zero-order valence-corrected chi connectivity index (χ0v) is 14.1. The number of methoxy groups -OCH3 is 1. The van der Waals surface area contributed by atoms with E-state index in [4.69, 9.17) is 14.6 Å². The summed E-state index contributed by atoms with van der Waals surface area (Å²) in [6.07, 6.45) is 4.08. The molecular formula is C17H23NO5. The molecule has 0 bridgehead atoms. The summed E-state index contributed by atoms with van der Waals surface area (Å²) >= 11 is 0. The third-order valence-electron chi connectivity index (χ3n) is 4.29. The number of allylic oxidation sites excluding steroid dienone is 1. The highest BCUT2D eigenvalue weighted by molar-refractivity contribution is 6.31. The Morgan fingerprint density at radius 2 is 2.04 bits per heavy atom. The Bertz CT molecular complexity index is 637. The van der Waals surface area contributed by atoms with Crippen molar-refractivity contribution < 1.29 is 24.2 Å². The Hall–Kier alpha value is -2.24. The maximum Gasteiger partial charge on any atom is 0.394 e. The van der Waals surface area contributed by atoms with Crippen molar-refractivity contribution in [3.8, 4) is 0 Å². The SMILES string of the molecule is COC1=COC=C2CC(C)(C)C(C(C)(C)CNC(=O)C(=O)O)=C21. The predicted octanol–water partition coefficient (Wildman–Crippen LogP) is 2.34. The molecule has 0 aromatic rings. The second-order valence-electron chi connectivity index (χ2n) is 7.15. The molecule has 0 atom stereocenters. The second kappa shape index (κ2) is 5.76. The van der Waals surface area contributed by atoms with Gasteiger partial charge >= 0.3 is 11.9 Å². The van der Waals surface area contributed by atoms with Crippen LogP contribution in [0.5, 0.6) is 0 Å². The summed E-state index contributed by atoms with van der Waals surface area (Å²) in [5.74, 6) is -1.82. The van der Waals surface area contributed by atoms with Crippen LogP contribution in [0.15, 0.2) is 35.0 Å². The van der Waals surface area contributed by atoms with Crippen LogP contribution >= 0.6 is 0 Å². The predicted molar refractivity (Wildman–Crippen MR) is 84.1 cm³/mol. The summed E-state index contributed by atoms with van der Waals surface area (Å²) in [6, 6.07) is 0. The maximum absolute atomic E-state index is 11.4. The quantitative estimate of drug-likeness (QED) is 0.776. The van der Waals surface area contributed by atoms with E-state index in [-0.39, 0.29) is 12.0 Å². The smallest absolute Gasteiger partial charge is 0.394 e. The van der Waals surface area contributed by atoms with Crippen LogP contribution in [-0.2, 0) is 19.1 Å². The molecule has 6 nitrogen and oxygen atoms in total. The number of fused-ring (bicyclic) bond motifs is 1. The lowest BCUT2D eigenvalue weighted by Gasteiger charge is -2.36. The van der Waals surface area contributed by atoms with Crippen molar-refractivity contribution in [3.63, 3.8) is 0 Å². The topological polar surface area (TPSA) is 84.9 Å². The molecule has 0 radical (unpaired) electrons. The molecule has 0 aromatic carbocycles. The highest BCUT2D eigenvalue weighted by atomic mass is 16.5. The third-order valence-corrected chi connectivity index (χ3v) is 4.29. The van der Waals surface area contributed by atoms with Crippen LogP contribution < -0.4 is 5.32 Å². The Kier molecular flexibility index (Phi) is 4.28. The van der Waals surface area contributed by atoms with Crippen LogP contribution in [0, 0.1) is 10.8 Å². The van der Waals surface area contributed by atoms with E-state index in [2.05, 4.69) is 19.2 Å². The molecule has 1 heterocycles. The maximum atomic E-state index is 11.4. The fourth-order valence-corrected chi connectivity index (χ4v) is 3.64. The van der Waals surface area contributed by atoms with E-state index in [0.29, 0.717) is 5.76 Å². The van der Waals surface area contributed by atoms with Crippen molar-refractivity contribution in [1.82, 2.24) is 5.32 Å². The van der Waals surface area contributed by atoms with Gasteiger partial charge in [0.25, 0.3) is 0 Å². The number of rotatable bonds is 4. The summed E-state index contributed by atoms with van der Waals surface area (Å²) in [6.45, 7) is 8.46. The van der Waals surface area contributed by atoms with Gasteiger partial charge in [-0.3, -0.25) is 4.79 Å². The van der Waals surface area contributed by atoms with Gasteiger partial charge in [-0.2, -0.15) is 0 Å². The van der Waals surface area contributed by atoms with Crippen LogP contribution in [0.4, 0.5) is 0 Å². The lowest BCUT2D eigenvalue weighted by Crippen LogP contribution is -2.40. The summed E-state index contributed by atoms with van der Waals surface area (Å²) in [7, 11) is 1.59. The number of carboxylic acid groups (broad SMARTS) is 1. The molecule has 0 saturated heterocycles. The summed E-state index contributed by atoms with van der Waals surface area (Å²) < 4.78 is 10.8. The minimum atomic E-state index is -1.48. The fraction of sp³-hybridized carbons (Fsp3) is 0.529. The van der Waals surface area contributed by atoms with Gasteiger partial charge in [-0.15, -0.1) is 0 Å². The van der Waals surface area contributed by atoms with Crippen LogP contribution in [0.3, 0.4) is 0 Å². The van der Waals surface area contributed by atoms with Gasteiger partial charge in [-0.25, -0.2) is 4.79 Å². The normalized spacial score (nSPS) is 19.3. The van der Waals surface area contributed by atoms with Crippen LogP contribution in [-0.4, -0.2) is 30.6 Å². The number of carboxylic acids is 1. The molecule has 1 aliphatic carbocycles. The minimum absolute atomic E-state index is 0.149. The molecule has 1 amide bonds. The van der Waals surface area contributed by atoms with Crippen molar-refractivity contribution in [1.29, 1.82) is 0 Å². The highest BCUT2D eigenvalue weighted by Crippen LogP contribution is 2.55. The van der Waals surface area contributed by atoms with Gasteiger partial charge in [-0.05, 0) is 23.0 Å². The number of carbonyl (C=O) groups is 2. The van der Waals surface area contributed by atoms with Gasteiger partial charge < -0.3 is 19.9 Å². The fourth-order valence-electron chi connectivity index (χ4n) is 3.64. The van der Waals surface area contributed by atoms with E-state index < -0.39 is 17.3 Å². The van der Waals surface area contributed by atoms with E-state index in [0.717, 1.165) is 23.1 Å². The average Bonchev–Trinajstić information content (AvgIpc) is 2.74. The number of amides is 1. The molecule has 2 aliphatic rings. The van der Waals surface area contributed by atoms with Crippen molar-refractivity contribution in [3.05, 3.63) is 35.0 Å². The minimum Gasteiger partial charge on any atom is -0.493 e. The van der Waals surface area contributed by atoms with E-state index in [1.54, 1.807) is 19.6 Å². The largest absolute Gasteiger partial charge is 0.493 e. The van der Waals surface area contributed by atoms with Gasteiger partial charge in [0.1, 0.15) is 6.26 Å². The van der Waals surface area contributed by atoms with E-state index in [1.807, 2.05) is 13.8 Å². The molecule has 0 unspecified atom stereocenters. The van der Waals surface area contributed by atoms with Crippen molar-refractivity contribution in [2.45, 2.75) is 34.1 Å². The molecule has 126 valence electrons. The highest BCUT2D eigenvalue weighted by Gasteiger charge is 2.45. The molecule has 2 rings (SSSR count). The van der Waals surface area contributed by atoms with Gasteiger partial charge in [0.15, 0.2) is 5.76 Å². The zero-order chi connectivity index (χ0) is 17.4. The van der Waals surface area contributed by atoms with Crippen molar-refractivity contribution in [2.24, 2.45) is 10.8 Å². The van der Waals surface area contributed by atoms with Crippen molar-refractivity contribution >= 4 is 11.9 Å². The van der Waals surface area contributed by atoms with E-state index >= 15 is 0 Å². The first kappa shape index (κ1) is 17.1. The van der Waals surface area contributed by atoms with Gasteiger partial charge in [-0.1, -0.05) is 27.7 Å². The third kappa shape index (κ3) is 3.11. The molecule has 2 N–H and O–H groups in total. The lowest BCUT2D eigenvalue weighted by atomic mass is 9.70. The first-order chi connectivity index (χ1) is 10.6. The number of hydrogen-bond acceptors (Lipinski definition) is 4. The summed E-state index contributed by atoms with van der Waals surface area (Å²) in [5.41, 5.74) is 2.59. The Labute approximate surface area is 135 Å². The first-order valence-electron chi connectivity index (χ1n) is 7.46. The average molecular weight is 321 g/mol. The molecule has 0 spiro atoms. The Balaban J connectivity index is 2.41. The Morgan fingerprint density at radius 3 is 2.61 bits per heavy atom. The van der Waals surface area contributed by atoms with Gasteiger partial charge in [0.05, 0.1) is 13.4 Å². The Morgan fingerprint density at radius 1 is 1.39 bits per heavy atom. The molecular weight excluding hydrogens is 298 g/mol. The molecule has 0 aromatic heterocycles.